The summed E-state index contributed by atoms with van der Waals surface area (Å²) < 4.78 is 5.89. The Morgan fingerprint density at radius 2 is 1.56 bits per heavy atom. The first-order valence-corrected chi connectivity index (χ1v) is 9.05. The number of pyridine rings is 1. The number of para-hydroxylation sites is 1. The van der Waals surface area contributed by atoms with Crippen LogP contribution in [0.25, 0.3) is 10.9 Å². The van der Waals surface area contributed by atoms with E-state index in [1.807, 2.05) is 54.6 Å². The number of rotatable bonds is 6. The molecular formula is C24H21NO2. The van der Waals surface area contributed by atoms with Crippen LogP contribution < -0.4 is 4.74 Å². The van der Waals surface area contributed by atoms with E-state index >= 15 is 0 Å². The lowest BCUT2D eigenvalue weighted by molar-refractivity contribution is 0.281. The Morgan fingerprint density at radius 3 is 2.41 bits per heavy atom. The average Bonchev–Trinajstić information content (AvgIpc) is 2.73. The van der Waals surface area contributed by atoms with E-state index in [1.165, 1.54) is 11.1 Å². The van der Waals surface area contributed by atoms with Crippen molar-refractivity contribution in [1.29, 1.82) is 0 Å². The molecule has 0 aliphatic carbocycles. The predicted octanol–water partition coefficient (Wildman–Crippen LogP) is 4.90. The monoisotopic (exact) mass is 355 g/mol. The first-order chi connectivity index (χ1) is 13.3. The highest BCUT2D eigenvalue weighted by Gasteiger charge is 2.02. The van der Waals surface area contributed by atoms with Crippen molar-refractivity contribution in [2.24, 2.45) is 0 Å². The smallest absolute Gasteiger partial charge is 0.130 e. The topological polar surface area (TPSA) is 42.4 Å². The van der Waals surface area contributed by atoms with Crippen LogP contribution in [0.1, 0.15) is 22.4 Å². The second-order valence-electron chi connectivity index (χ2n) is 6.58. The van der Waals surface area contributed by atoms with Crippen LogP contribution in [0.3, 0.4) is 0 Å². The van der Waals surface area contributed by atoms with Crippen molar-refractivity contribution in [3.8, 4) is 5.75 Å². The SMILES string of the molecule is OCc1cccc(Cc2ccc(OCc3ccc4ccccc4n3)cc2)c1. The number of aromatic nitrogens is 1. The highest BCUT2D eigenvalue weighted by Crippen LogP contribution is 2.18. The fraction of sp³-hybridized carbons (Fsp3) is 0.125. The van der Waals surface area contributed by atoms with Crippen LogP contribution in [0.5, 0.6) is 5.75 Å². The summed E-state index contributed by atoms with van der Waals surface area (Å²) in [5, 5.41) is 10.4. The minimum Gasteiger partial charge on any atom is -0.487 e. The molecule has 27 heavy (non-hydrogen) atoms. The lowest BCUT2D eigenvalue weighted by Gasteiger charge is -2.08. The summed E-state index contributed by atoms with van der Waals surface area (Å²) in [5.41, 5.74) is 5.24. The predicted molar refractivity (Wildman–Crippen MR) is 108 cm³/mol. The molecule has 0 bridgehead atoms. The van der Waals surface area contributed by atoms with Gasteiger partial charge in [-0.05, 0) is 47.4 Å². The van der Waals surface area contributed by atoms with Crippen LogP contribution in [0.4, 0.5) is 0 Å². The van der Waals surface area contributed by atoms with Gasteiger partial charge in [0, 0.05) is 5.39 Å². The Labute approximate surface area is 158 Å². The standard InChI is InChI=1S/C24H21NO2/c26-16-20-5-3-4-19(15-20)14-18-8-12-23(13-9-18)27-17-22-11-10-21-6-1-2-7-24(21)25-22/h1-13,15,26H,14,16-17H2. The molecule has 1 heterocycles. The summed E-state index contributed by atoms with van der Waals surface area (Å²) in [5.74, 6) is 0.831. The molecule has 3 heteroatoms. The quantitative estimate of drug-likeness (QED) is 0.535. The summed E-state index contributed by atoms with van der Waals surface area (Å²) in [4.78, 5) is 4.63. The number of aliphatic hydroxyl groups excluding tert-OH is 1. The third kappa shape index (κ3) is 4.33. The minimum absolute atomic E-state index is 0.0728. The molecule has 0 radical (unpaired) electrons. The lowest BCUT2D eigenvalue weighted by Crippen LogP contribution is -1.98. The number of fused-ring (bicyclic) bond motifs is 1. The summed E-state index contributed by atoms with van der Waals surface area (Å²) >= 11 is 0. The van der Waals surface area contributed by atoms with Gasteiger partial charge in [-0.3, -0.25) is 0 Å². The lowest BCUT2D eigenvalue weighted by atomic mass is 10.0. The fourth-order valence-electron chi connectivity index (χ4n) is 3.12. The largest absolute Gasteiger partial charge is 0.487 e. The molecule has 0 aliphatic heterocycles. The molecule has 0 aliphatic rings. The van der Waals surface area contributed by atoms with Gasteiger partial charge in [0.15, 0.2) is 0 Å². The van der Waals surface area contributed by atoms with Crippen LogP contribution in [-0.2, 0) is 19.6 Å². The number of nitrogens with zero attached hydrogens (tertiary/aromatic N) is 1. The van der Waals surface area contributed by atoms with Crippen molar-refractivity contribution >= 4 is 10.9 Å². The molecule has 0 unspecified atom stereocenters. The Bertz CT molecular complexity index is 1040. The van der Waals surface area contributed by atoms with E-state index in [4.69, 9.17) is 4.74 Å². The highest BCUT2D eigenvalue weighted by atomic mass is 16.5. The molecule has 0 saturated carbocycles. The molecule has 0 atom stereocenters. The maximum Gasteiger partial charge on any atom is 0.130 e. The van der Waals surface area contributed by atoms with E-state index in [2.05, 4.69) is 35.3 Å². The van der Waals surface area contributed by atoms with Gasteiger partial charge in [0.25, 0.3) is 0 Å². The van der Waals surface area contributed by atoms with Crippen molar-refractivity contribution < 1.29 is 9.84 Å². The molecule has 0 saturated heterocycles. The zero-order valence-electron chi connectivity index (χ0n) is 15.0. The molecule has 0 amide bonds. The van der Waals surface area contributed by atoms with Crippen LogP contribution in [0.15, 0.2) is 84.9 Å². The van der Waals surface area contributed by atoms with E-state index in [0.717, 1.165) is 34.3 Å². The first-order valence-electron chi connectivity index (χ1n) is 9.05. The van der Waals surface area contributed by atoms with E-state index in [9.17, 15) is 5.11 Å². The first kappa shape index (κ1) is 17.3. The number of hydrogen-bond donors (Lipinski definition) is 1. The average molecular weight is 355 g/mol. The van der Waals surface area contributed by atoms with Gasteiger partial charge in [0.2, 0.25) is 0 Å². The maximum absolute atomic E-state index is 9.25. The molecule has 0 fully saturated rings. The molecule has 4 aromatic rings. The van der Waals surface area contributed by atoms with Crippen molar-refractivity contribution in [1.82, 2.24) is 4.98 Å². The number of benzene rings is 3. The van der Waals surface area contributed by atoms with Crippen molar-refractivity contribution in [2.75, 3.05) is 0 Å². The maximum atomic E-state index is 9.25. The number of ether oxygens (including phenoxy) is 1. The van der Waals surface area contributed by atoms with Crippen LogP contribution >= 0.6 is 0 Å². The normalized spacial score (nSPS) is 10.9. The molecule has 0 spiro atoms. The van der Waals surface area contributed by atoms with Gasteiger partial charge < -0.3 is 9.84 Å². The van der Waals surface area contributed by atoms with E-state index < -0.39 is 0 Å². The number of hydrogen-bond acceptors (Lipinski definition) is 3. The molecule has 3 aromatic carbocycles. The van der Waals surface area contributed by atoms with Crippen LogP contribution in [0.2, 0.25) is 0 Å². The zero-order chi connectivity index (χ0) is 18.5. The van der Waals surface area contributed by atoms with Gasteiger partial charge in [-0.15, -0.1) is 0 Å². The molecule has 1 aromatic heterocycles. The summed E-state index contributed by atoms with van der Waals surface area (Å²) in [6.07, 6.45) is 0.834. The Kier molecular flexibility index (Phi) is 5.13. The molecule has 4 rings (SSSR count). The zero-order valence-corrected chi connectivity index (χ0v) is 15.0. The van der Waals surface area contributed by atoms with Crippen molar-refractivity contribution in [2.45, 2.75) is 19.6 Å². The third-order valence-electron chi connectivity index (χ3n) is 4.55. The van der Waals surface area contributed by atoms with Crippen LogP contribution in [0, 0.1) is 0 Å². The minimum atomic E-state index is 0.0728. The highest BCUT2D eigenvalue weighted by molar-refractivity contribution is 5.78. The van der Waals surface area contributed by atoms with Gasteiger partial charge in [-0.2, -0.15) is 0 Å². The van der Waals surface area contributed by atoms with E-state index in [0.29, 0.717) is 6.61 Å². The summed E-state index contributed by atoms with van der Waals surface area (Å²) in [6, 6.07) is 28.3. The molecular weight excluding hydrogens is 334 g/mol. The second kappa shape index (κ2) is 8.02. The Balaban J connectivity index is 1.39. The van der Waals surface area contributed by atoms with Crippen molar-refractivity contribution in [3.63, 3.8) is 0 Å². The van der Waals surface area contributed by atoms with Gasteiger partial charge >= 0.3 is 0 Å². The van der Waals surface area contributed by atoms with Crippen molar-refractivity contribution in [3.05, 3.63) is 107 Å². The van der Waals surface area contributed by atoms with Gasteiger partial charge in [-0.25, -0.2) is 4.98 Å². The molecule has 1 N–H and O–H groups in total. The van der Waals surface area contributed by atoms with E-state index in [1.54, 1.807) is 0 Å². The fourth-order valence-corrected chi connectivity index (χ4v) is 3.12. The van der Waals surface area contributed by atoms with Crippen LogP contribution in [-0.4, -0.2) is 10.1 Å². The third-order valence-corrected chi connectivity index (χ3v) is 4.55. The summed E-state index contributed by atoms with van der Waals surface area (Å²) in [6.45, 7) is 0.520. The second-order valence-corrected chi connectivity index (χ2v) is 6.58. The number of aliphatic hydroxyl groups is 1. The molecule has 3 nitrogen and oxygen atoms in total. The van der Waals surface area contributed by atoms with Gasteiger partial charge in [-0.1, -0.05) is 60.7 Å². The molecule has 134 valence electrons. The Morgan fingerprint density at radius 1 is 0.741 bits per heavy atom. The Hall–Kier alpha value is -3.17. The van der Waals surface area contributed by atoms with Gasteiger partial charge in [0.1, 0.15) is 12.4 Å². The summed E-state index contributed by atoms with van der Waals surface area (Å²) in [7, 11) is 0. The van der Waals surface area contributed by atoms with E-state index in [-0.39, 0.29) is 6.61 Å². The van der Waals surface area contributed by atoms with Gasteiger partial charge in [0.05, 0.1) is 17.8 Å².